The SMILES string of the molecule is CCOC(=O)c1c(NC)nc(N2CCCC(C(=O)OC(C)(C)C)C2)n1Cc1ccccc1. The Labute approximate surface area is 189 Å². The van der Waals surface area contributed by atoms with Gasteiger partial charge in [-0.1, -0.05) is 30.3 Å². The van der Waals surface area contributed by atoms with Gasteiger partial charge >= 0.3 is 11.9 Å². The predicted octanol–water partition coefficient (Wildman–Crippen LogP) is 3.71. The van der Waals surface area contributed by atoms with Crippen LogP contribution in [-0.4, -0.2) is 53.8 Å². The van der Waals surface area contributed by atoms with Crippen molar-refractivity contribution in [2.75, 3.05) is 37.0 Å². The van der Waals surface area contributed by atoms with E-state index in [0.717, 1.165) is 24.9 Å². The van der Waals surface area contributed by atoms with E-state index in [0.29, 0.717) is 30.5 Å². The van der Waals surface area contributed by atoms with Gasteiger partial charge in [0.25, 0.3) is 0 Å². The number of nitrogens with zero attached hydrogens (tertiary/aromatic N) is 3. The van der Waals surface area contributed by atoms with Crippen LogP contribution in [0.2, 0.25) is 0 Å². The van der Waals surface area contributed by atoms with Gasteiger partial charge in [0.1, 0.15) is 5.60 Å². The van der Waals surface area contributed by atoms with Crippen LogP contribution in [0, 0.1) is 5.92 Å². The van der Waals surface area contributed by atoms with Crippen molar-refractivity contribution < 1.29 is 19.1 Å². The molecule has 0 aliphatic carbocycles. The zero-order valence-corrected chi connectivity index (χ0v) is 19.7. The average Bonchev–Trinajstić information content (AvgIpc) is 3.12. The number of rotatable bonds is 7. The molecule has 1 aliphatic heterocycles. The van der Waals surface area contributed by atoms with E-state index in [1.807, 2.05) is 55.7 Å². The Bertz CT molecular complexity index is 933. The molecule has 1 saturated heterocycles. The molecule has 1 aromatic heterocycles. The van der Waals surface area contributed by atoms with Gasteiger partial charge in [0.05, 0.1) is 19.1 Å². The van der Waals surface area contributed by atoms with Gasteiger partial charge in [-0.2, -0.15) is 4.98 Å². The third-order valence-corrected chi connectivity index (χ3v) is 5.28. The molecule has 0 amide bonds. The number of piperidine rings is 1. The Balaban J connectivity index is 1.97. The van der Waals surface area contributed by atoms with E-state index < -0.39 is 11.6 Å². The fraction of sp³-hybridized carbons (Fsp3) is 0.542. The van der Waals surface area contributed by atoms with Crippen LogP contribution in [0.25, 0.3) is 0 Å². The molecule has 0 radical (unpaired) electrons. The predicted molar refractivity (Wildman–Crippen MR) is 124 cm³/mol. The highest BCUT2D eigenvalue weighted by Crippen LogP contribution is 2.30. The van der Waals surface area contributed by atoms with E-state index in [2.05, 4.69) is 10.2 Å². The Morgan fingerprint density at radius 1 is 1.22 bits per heavy atom. The molecule has 8 heteroatoms. The smallest absolute Gasteiger partial charge is 0.358 e. The molecule has 1 unspecified atom stereocenters. The molecule has 174 valence electrons. The van der Waals surface area contributed by atoms with Crippen LogP contribution in [0.4, 0.5) is 11.8 Å². The normalized spacial score (nSPS) is 16.5. The molecule has 2 heterocycles. The van der Waals surface area contributed by atoms with E-state index in [9.17, 15) is 9.59 Å². The summed E-state index contributed by atoms with van der Waals surface area (Å²) in [4.78, 5) is 32.4. The van der Waals surface area contributed by atoms with Gasteiger partial charge in [0.2, 0.25) is 5.95 Å². The third kappa shape index (κ3) is 5.60. The monoisotopic (exact) mass is 442 g/mol. The Kier molecular flexibility index (Phi) is 7.43. The molecule has 1 aromatic carbocycles. The summed E-state index contributed by atoms with van der Waals surface area (Å²) in [6.45, 7) is 9.40. The third-order valence-electron chi connectivity index (χ3n) is 5.28. The summed E-state index contributed by atoms with van der Waals surface area (Å²) in [7, 11) is 1.74. The lowest BCUT2D eigenvalue weighted by molar-refractivity contribution is -0.160. The zero-order valence-electron chi connectivity index (χ0n) is 19.7. The Morgan fingerprint density at radius 3 is 2.56 bits per heavy atom. The highest BCUT2D eigenvalue weighted by atomic mass is 16.6. The summed E-state index contributed by atoms with van der Waals surface area (Å²) in [6, 6.07) is 9.91. The van der Waals surface area contributed by atoms with Crippen LogP contribution in [0.3, 0.4) is 0 Å². The van der Waals surface area contributed by atoms with Crippen LogP contribution >= 0.6 is 0 Å². The van der Waals surface area contributed by atoms with Crippen molar-refractivity contribution in [3.05, 3.63) is 41.6 Å². The number of anilines is 2. The minimum absolute atomic E-state index is 0.192. The molecule has 3 rings (SSSR count). The quantitative estimate of drug-likeness (QED) is 0.654. The van der Waals surface area contributed by atoms with E-state index in [1.54, 1.807) is 14.0 Å². The number of benzene rings is 1. The maximum absolute atomic E-state index is 12.8. The maximum atomic E-state index is 12.8. The molecule has 1 aliphatic rings. The van der Waals surface area contributed by atoms with Crippen molar-refractivity contribution in [1.82, 2.24) is 9.55 Å². The molecule has 1 fully saturated rings. The van der Waals surface area contributed by atoms with E-state index in [-0.39, 0.29) is 18.5 Å². The van der Waals surface area contributed by atoms with E-state index >= 15 is 0 Å². The number of imidazole rings is 1. The summed E-state index contributed by atoms with van der Waals surface area (Å²) < 4.78 is 12.8. The zero-order chi connectivity index (χ0) is 23.3. The average molecular weight is 443 g/mol. The first-order valence-corrected chi connectivity index (χ1v) is 11.2. The second kappa shape index (κ2) is 10.1. The molecule has 1 N–H and O–H groups in total. The van der Waals surface area contributed by atoms with Crippen LogP contribution in [0.5, 0.6) is 0 Å². The van der Waals surface area contributed by atoms with Crippen LogP contribution in [-0.2, 0) is 20.8 Å². The van der Waals surface area contributed by atoms with Crippen LogP contribution in [0.1, 0.15) is 56.6 Å². The number of nitrogens with one attached hydrogen (secondary N) is 1. The first kappa shape index (κ1) is 23.6. The number of esters is 2. The largest absolute Gasteiger partial charge is 0.461 e. The van der Waals surface area contributed by atoms with Crippen LogP contribution < -0.4 is 10.2 Å². The molecule has 0 saturated carbocycles. The Morgan fingerprint density at radius 2 is 1.94 bits per heavy atom. The molecular weight excluding hydrogens is 408 g/mol. The minimum Gasteiger partial charge on any atom is -0.461 e. The summed E-state index contributed by atoms with van der Waals surface area (Å²) in [5.74, 6) is 0.257. The van der Waals surface area contributed by atoms with Gasteiger partial charge in [-0.25, -0.2) is 4.79 Å². The lowest BCUT2D eigenvalue weighted by atomic mass is 9.98. The number of ether oxygens (including phenoxy) is 2. The topological polar surface area (TPSA) is 85.7 Å². The minimum atomic E-state index is -0.526. The van der Waals surface area contributed by atoms with Gasteiger partial charge < -0.3 is 19.7 Å². The number of carbonyl (C=O) groups excluding carboxylic acids is 2. The first-order valence-electron chi connectivity index (χ1n) is 11.2. The summed E-state index contributed by atoms with van der Waals surface area (Å²) in [5, 5.41) is 3.03. The van der Waals surface area contributed by atoms with E-state index in [1.165, 1.54) is 0 Å². The fourth-order valence-electron chi connectivity index (χ4n) is 3.92. The lowest BCUT2D eigenvalue weighted by Gasteiger charge is -2.34. The van der Waals surface area contributed by atoms with E-state index in [4.69, 9.17) is 14.5 Å². The maximum Gasteiger partial charge on any atom is 0.358 e. The molecule has 8 nitrogen and oxygen atoms in total. The standard InChI is InChI=1S/C24H34N4O4/c1-6-31-22(30)19-20(25-5)26-23(28(19)15-17-11-8-7-9-12-17)27-14-10-13-18(16-27)21(29)32-24(2,3)4/h7-9,11-12,18,25H,6,10,13-16H2,1-5H3. The second-order valence-electron chi connectivity index (χ2n) is 8.97. The summed E-state index contributed by atoms with van der Waals surface area (Å²) in [5.41, 5.74) is 0.897. The highest BCUT2D eigenvalue weighted by Gasteiger charge is 2.33. The van der Waals surface area contributed by atoms with Gasteiger partial charge in [0, 0.05) is 20.1 Å². The molecule has 1 atom stereocenters. The number of hydrogen-bond acceptors (Lipinski definition) is 7. The molecule has 0 spiro atoms. The van der Waals surface area contributed by atoms with Gasteiger partial charge in [0.15, 0.2) is 11.5 Å². The molecule has 32 heavy (non-hydrogen) atoms. The summed E-state index contributed by atoms with van der Waals surface area (Å²) >= 11 is 0. The van der Waals surface area contributed by atoms with Crippen molar-refractivity contribution in [1.29, 1.82) is 0 Å². The fourth-order valence-corrected chi connectivity index (χ4v) is 3.92. The molecular formula is C24H34N4O4. The number of aromatic nitrogens is 2. The van der Waals surface area contributed by atoms with Crippen molar-refractivity contribution in [3.8, 4) is 0 Å². The number of carbonyl (C=O) groups is 2. The molecule has 2 aromatic rings. The number of hydrogen-bond donors (Lipinski definition) is 1. The Hall–Kier alpha value is -3.03. The summed E-state index contributed by atoms with van der Waals surface area (Å²) in [6.07, 6.45) is 1.61. The first-order chi connectivity index (χ1) is 15.2. The van der Waals surface area contributed by atoms with Crippen molar-refractivity contribution in [2.45, 2.75) is 52.7 Å². The van der Waals surface area contributed by atoms with Crippen molar-refractivity contribution >= 4 is 23.7 Å². The molecule has 0 bridgehead atoms. The van der Waals surface area contributed by atoms with Gasteiger partial charge in [-0.3, -0.25) is 9.36 Å². The second-order valence-corrected chi connectivity index (χ2v) is 8.97. The van der Waals surface area contributed by atoms with Crippen LogP contribution in [0.15, 0.2) is 30.3 Å². The van der Waals surface area contributed by atoms with Crippen molar-refractivity contribution in [2.24, 2.45) is 5.92 Å². The highest BCUT2D eigenvalue weighted by molar-refractivity contribution is 5.94. The lowest BCUT2D eigenvalue weighted by Crippen LogP contribution is -2.42. The van der Waals surface area contributed by atoms with Gasteiger partial charge in [-0.05, 0) is 46.1 Å². The van der Waals surface area contributed by atoms with Gasteiger partial charge in [-0.15, -0.1) is 0 Å². The van der Waals surface area contributed by atoms with Crippen molar-refractivity contribution in [3.63, 3.8) is 0 Å².